The molecule has 0 saturated heterocycles. The van der Waals surface area contributed by atoms with E-state index in [9.17, 15) is 18.4 Å². The molecule has 0 N–H and O–H groups in total. The predicted octanol–water partition coefficient (Wildman–Crippen LogP) is 2.93. The molecule has 0 aliphatic carbocycles. The average molecular weight is 459 g/mol. The minimum Gasteiger partial charge on any atom is -0.435 e. The molecule has 8 nitrogen and oxygen atoms in total. The Morgan fingerprint density at radius 2 is 1.88 bits per heavy atom. The Balaban J connectivity index is 1.48. The number of halogens is 2. The molecule has 0 fully saturated rings. The predicted molar refractivity (Wildman–Crippen MR) is 116 cm³/mol. The minimum atomic E-state index is -2.88. The quantitative estimate of drug-likeness (QED) is 0.396. The third-order valence-electron chi connectivity index (χ3n) is 4.92. The largest absolute Gasteiger partial charge is 0.435 e. The van der Waals surface area contributed by atoms with Crippen molar-refractivity contribution in [3.63, 3.8) is 0 Å². The maximum absolute atomic E-state index is 12.6. The van der Waals surface area contributed by atoms with Gasteiger partial charge in [0.2, 0.25) is 11.7 Å². The van der Waals surface area contributed by atoms with Crippen LogP contribution in [0.2, 0.25) is 0 Å². The Bertz CT molecular complexity index is 1340. The molecular formula is C21H19F2N5O3S. The third kappa shape index (κ3) is 4.28. The molecule has 0 radical (unpaired) electrons. The number of nitrogens with zero attached hydrogens (tertiary/aromatic N) is 5. The van der Waals surface area contributed by atoms with Crippen LogP contribution in [0.15, 0.2) is 58.5 Å². The van der Waals surface area contributed by atoms with Gasteiger partial charge < -0.3 is 9.64 Å². The zero-order valence-corrected chi connectivity index (χ0v) is 18.1. The number of amides is 1. The molecule has 0 saturated carbocycles. The maximum atomic E-state index is 12.6. The Morgan fingerprint density at radius 3 is 2.59 bits per heavy atom. The highest BCUT2D eigenvalue weighted by molar-refractivity contribution is 7.99. The van der Waals surface area contributed by atoms with E-state index in [4.69, 9.17) is 0 Å². The molecule has 2 heterocycles. The van der Waals surface area contributed by atoms with Gasteiger partial charge in [0.25, 0.3) is 5.56 Å². The van der Waals surface area contributed by atoms with E-state index < -0.39 is 6.61 Å². The summed E-state index contributed by atoms with van der Waals surface area (Å²) in [6.45, 7) is -2.57. The molecular weight excluding hydrogens is 440 g/mol. The number of hydrogen-bond acceptors (Lipinski definition) is 6. The normalized spacial score (nSPS) is 11.4. The zero-order chi connectivity index (χ0) is 22.8. The highest BCUT2D eigenvalue weighted by Crippen LogP contribution is 2.22. The molecule has 1 amide bonds. The van der Waals surface area contributed by atoms with Crippen molar-refractivity contribution in [2.45, 2.75) is 18.3 Å². The van der Waals surface area contributed by atoms with Crippen molar-refractivity contribution in [1.29, 1.82) is 0 Å². The van der Waals surface area contributed by atoms with Crippen LogP contribution < -0.4 is 10.3 Å². The second-order valence-electron chi connectivity index (χ2n) is 7.06. The van der Waals surface area contributed by atoms with Gasteiger partial charge in [0.1, 0.15) is 5.75 Å². The molecule has 2 aromatic heterocycles. The lowest BCUT2D eigenvalue weighted by molar-refractivity contribution is -0.127. The van der Waals surface area contributed by atoms with Crippen LogP contribution in [-0.2, 0) is 18.4 Å². The summed E-state index contributed by atoms with van der Waals surface area (Å²) in [5.41, 5.74) is 1.28. The van der Waals surface area contributed by atoms with Crippen LogP contribution in [0, 0.1) is 0 Å². The SMILES string of the molecule is CN(Cc1ccc(OC(F)F)cc1)C(=O)CSc1nnc2n(C)c(=O)c3ccccc3n12. The maximum Gasteiger partial charge on any atom is 0.387 e. The smallest absolute Gasteiger partial charge is 0.387 e. The first-order valence-electron chi connectivity index (χ1n) is 9.58. The number of alkyl halides is 2. The first-order chi connectivity index (χ1) is 15.3. The fourth-order valence-corrected chi connectivity index (χ4v) is 4.16. The van der Waals surface area contributed by atoms with E-state index >= 15 is 0 Å². The van der Waals surface area contributed by atoms with Gasteiger partial charge in [0, 0.05) is 20.6 Å². The molecule has 0 aliphatic heterocycles. The highest BCUT2D eigenvalue weighted by Gasteiger charge is 2.17. The topological polar surface area (TPSA) is 81.7 Å². The van der Waals surface area contributed by atoms with Crippen molar-refractivity contribution in [2.24, 2.45) is 7.05 Å². The van der Waals surface area contributed by atoms with Gasteiger partial charge in [-0.2, -0.15) is 8.78 Å². The fourth-order valence-electron chi connectivity index (χ4n) is 3.28. The highest BCUT2D eigenvalue weighted by atomic mass is 32.2. The van der Waals surface area contributed by atoms with Crippen LogP contribution in [0.4, 0.5) is 8.78 Å². The number of aromatic nitrogens is 4. The number of carbonyl (C=O) groups excluding carboxylic acids is 1. The average Bonchev–Trinajstić information content (AvgIpc) is 3.21. The Hall–Kier alpha value is -3.47. The molecule has 4 rings (SSSR count). The van der Waals surface area contributed by atoms with Crippen molar-refractivity contribution in [1.82, 2.24) is 24.1 Å². The van der Waals surface area contributed by atoms with Crippen molar-refractivity contribution < 1.29 is 18.3 Å². The number of thioether (sulfide) groups is 1. The molecule has 0 atom stereocenters. The van der Waals surface area contributed by atoms with Gasteiger partial charge in [-0.3, -0.25) is 18.6 Å². The lowest BCUT2D eigenvalue weighted by Crippen LogP contribution is -2.27. The van der Waals surface area contributed by atoms with Crippen LogP contribution in [0.5, 0.6) is 5.75 Å². The number of para-hydroxylation sites is 1. The summed E-state index contributed by atoms with van der Waals surface area (Å²) in [6.07, 6.45) is 0. The first kappa shape index (κ1) is 21.8. The van der Waals surface area contributed by atoms with Gasteiger partial charge in [-0.05, 0) is 29.8 Å². The van der Waals surface area contributed by atoms with Gasteiger partial charge in [-0.1, -0.05) is 36.0 Å². The van der Waals surface area contributed by atoms with E-state index in [2.05, 4.69) is 14.9 Å². The van der Waals surface area contributed by atoms with Crippen LogP contribution in [-0.4, -0.2) is 49.4 Å². The first-order valence-corrected chi connectivity index (χ1v) is 10.6. The molecule has 0 spiro atoms. The molecule has 11 heteroatoms. The second kappa shape index (κ2) is 8.95. The van der Waals surface area contributed by atoms with E-state index in [1.165, 1.54) is 33.4 Å². The van der Waals surface area contributed by atoms with Crippen molar-refractivity contribution in [3.05, 3.63) is 64.4 Å². The third-order valence-corrected chi connectivity index (χ3v) is 5.83. The number of hydrogen-bond donors (Lipinski definition) is 0. The molecule has 166 valence electrons. The summed E-state index contributed by atoms with van der Waals surface area (Å²) < 4.78 is 32.0. The molecule has 2 aromatic carbocycles. The number of carbonyl (C=O) groups is 1. The summed E-state index contributed by atoms with van der Waals surface area (Å²) in [5.74, 6) is 0.423. The second-order valence-corrected chi connectivity index (χ2v) is 8.00. The van der Waals surface area contributed by atoms with Gasteiger partial charge in [-0.15, -0.1) is 10.2 Å². The number of aryl methyl sites for hydroxylation is 1. The van der Waals surface area contributed by atoms with E-state index in [-0.39, 0.29) is 23.0 Å². The number of fused-ring (bicyclic) bond motifs is 3. The Labute approximate surface area is 185 Å². The van der Waals surface area contributed by atoms with Crippen LogP contribution in [0.25, 0.3) is 16.7 Å². The van der Waals surface area contributed by atoms with Gasteiger partial charge in [0.05, 0.1) is 16.7 Å². The number of benzene rings is 2. The minimum absolute atomic E-state index is 0.0635. The van der Waals surface area contributed by atoms with Gasteiger partial charge in [0.15, 0.2) is 5.16 Å². The van der Waals surface area contributed by atoms with Crippen molar-refractivity contribution in [3.8, 4) is 5.75 Å². The van der Waals surface area contributed by atoms with Gasteiger partial charge >= 0.3 is 6.61 Å². The van der Waals surface area contributed by atoms with E-state index in [0.29, 0.717) is 28.4 Å². The molecule has 4 aromatic rings. The summed E-state index contributed by atoms with van der Waals surface area (Å²) in [4.78, 5) is 26.7. The van der Waals surface area contributed by atoms with Crippen molar-refractivity contribution in [2.75, 3.05) is 12.8 Å². The van der Waals surface area contributed by atoms with Crippen LogP contribution in [0.3, 0.4) is 0 Å². The van der Waals surface area contributed by atoms with Crippen LogP contribution in [0.1, 0.15) is 5.56 Å². The summed E-state index contributed by atoms with van der Waals surface area (Å²) in [5, 5.41) is 9.32. The molecule has 32 heavy (non-hydrogen) atoms. The molecule has 0 unspecified atom stereocenters. The Morgan fingerprint density at radius 1 is 1.16 bits per heavy atom. The lowest BCUT2D eigenvalue weighted by Gasteiger charge is -2.17. The van der Waals surface area contributed by atoms with E-state index in [0.717, 1.165) is 5.56 Å². The van der Waals surface area contributed by atoms with Crippen LogP contribution >= 0.6 is 11.8 Å². The van der Waals surface area contributed by atoms with E-state index in [1.54, 1.807) is 42.8 Å². The summed E-state index contributed by atoms with van der Waals surface area (Å²) in [7, 11) is 3.29. The number of rotatable bonds is 7. The standard InChI is InChI=1S/C21H19F2N5O3S/c1-26(11-13-7-9-14(10-8-13)31-19(22)23)17(29)12-32-21-25-24-20-27(2)18(30)15-5-3-4-6-16(15)28(20)21/h3-10,19H,11-12H2,1-2H3. The lowest BCUT2D eigenvalue weighted by atomic mass is 10.2. The van der Waals surface area contributed by atoms with Gasteiger partial charge in [-0.25, -0.2) is 0 Å². The Kier molecular flexibility index (Phi) is 6.08. The number of ether oxygens (including phenoxy) is 1. The molecule has 0 aliphatic rings. The zero-order valence-electron chi connectivity index (χ0n) is 17.2. The fraction of sp³-hybridized carbons (Fsp3) is 0.238. The monoisotopic (exact) mass is 459 g/mol. The summed E-state index contributed by atoms with van der Waals surface area (Å²) in [6, 6.07) is 13.3. The molecule has 0 bridgehead atoms. The summed E-state index contributed by atoms with van der Waals surface area (Å²) >= 11 is 1.22. The van der Waals surface area contributed by atoms with Crippen molar-refractivity contribution >= 4 is 34.3 Å². The van der Waals surface area contributed by atoms with E-state index in [1.807, 2.05) is 12.1 Å².